The topological polar surface area (TPSA) is 55.1 Å². The van der Waals surface area contributed by atoms with Gasteiger partial charge in [0, 0.05) is 11.1 Å². The summed E-state index contributed by atoms with van der Waals surface area (Å²) in [4.78, 5) is 13.1. The molecule has 20 heavy (non-hydrogen) atoms. The zero-order chi connectivity index (χ0) is 14.5. The van der Waals surface area contributed by atoms with E-state index in [0.29, 0.717) is 12.1 Å². The monoisotopic (exact) mass is 284 g/mol. The molecule has 0 radical (unpaired) electrons. The summed E-state index contributed by atoms with van der Waals surface area (Å²) in [6, 6.07) is 7.73. The molecule has 2 aromatic rings. The highest BCUT2D eigenvalue weighted by Crippen LogP contribution is 2.21. The first kappa shape index (κ1) is 14.3. The van der Waals surface area contributed by atoms with E-state index in [0.717, 1.165) is 21.7 Å². The molecule has 4 heteroatoms. The quantitative estimate of drug-likeness (QED) is 0.833. The fraction of sp³-hybridized carbons (Fsp3) is 0.188. The van der Waals surface area contributed by atoms with E-state index in [-0.39, 0.29) is 5.91 Å². The van der Waals surface area contributed by atoms with Gasteiger partial charge in [0.25, 0.3) is 5.91 Å². The third-order valence-corrected chi connectivity index (χ3v) is 3.74. The lowest BCUT2D eigenvalue weighted by molar-refractivity contribution is 0.102. The number of nitrogens with two attached hydrogens (primary N) is 1. The summed E-state index contributed by atoms with van der Waals surface area (Å²) in [5.74, 6) is 5.60. The number of carbonyl (C=O) groups is 1. The molecule has 0 aliphatic rings. The van der Waals surface area contributed by atoms with E-state index in [1.54, 1.807) is 6.07 Å². The van der Waals surface area contributed by atoms with Gasteiger partial charge in [0.15, 0.2) is 0 Å². The Bertz CT molecular complexity index is 672. The summed E-state index contributed by atoms with van der Waals surface area (Å²) in [7, 11) is 0. The van der Waals surface area contributed by atoms with Gasteiger partial charge < -0.3 is 11.1 Å². The van der Waals surface area contributed by atoms with E-state index in [1.807, 2.05) is 37.4 Å². The van der Waals surface area contributed by atoms with Gasteiger partial charge in [-0.05, 0) is 31.0 Å². The number of rotatable bonds is 2. The third-order valence-electron chi connectivity index (χ3n) is 2.89. The molecule has 0 aliphatic heterocycles. The molecule has 1 aromatic heterocycles. The summed E-state index contributed by atoms with van der Waals surface area (Å²) >= 11 is 1.45. The van der Waals surface area contributed by atoms with E-state index in [1.165, 1.54) is 11.3 Å². The Morgan fingerprint density at radius 2 is 2.05 bits per heavy atom. The highest BCUT2D eigenvalue weighted by molar-refractivity contribution is 7.10. The van der Waals surface area contributed by atoms with Gasteiger partial charge >= 0.3 is 0 Å². The van der Waals surface area contributed by atoms with Crippen molar-refractivity contribution in [3.05, 3.63) is 51.2 Å². The number of amides is 1. The van der Waals surface area contributed by atoms with Crippen LogP contribution in [0.25, 0.3) is 0 Å². The predicted molar refractivity (Wildman–Crippen MR) is 84.1 cm³/mol. The van der Waals surface area contributed by atoms with Crippen LogP contribution in [0.5, 0.6) is 0 Å². The minimum absolute atomic E-state index is 0.112. The summed E-state index contributed by atoms with van der Waals surface area (Å²) in [5.41, 5.74) is 8.93. The molecule has 0 atom stereocenters. The maximum Gasteiger partial charge on any atom is 0.256 e. The van der Waals surface area contributed by atoms with Crippen molar-refractivity contribution in [2.24, 2.45) is 5.73 Å². The van der Waals surface area contributed by atoms with E-state index in [2.05, 4.69) is 17.2 Å². The number of hydrogen-bond acceptors (Lipinski definition) is 3. The Hall–Kier alpha value is -2.09. The van der Waals surface area contributed by atoms with E-state index in [9.17, 15) is 4.79 Å². The summed E-state index contributed by atoms with van der Waals surface area (Å²) in [6.07, 6.45) is 0. The SMILES string of the molecule is Cc1cccc(C)c1NC(=O)c1csc(C#CCN)c1. The molecule has 0 saturated carbocycles. The number of hydrogen-bond donors (Lipinski definition) is 2. The van der Waals surface area contributed by atoms with Crippen LogP contribution in [0.1, 0.15) is 26.4 Å². The van der Waals surface area contributed by atoms with Crippen LogP contribution in [0, 0.1) is 25.7 Å². The van der Waals surface area contributed by atoms with Crippen LogP contribution in [0.15, 0.2) is 29.6 Å². The average Bonchev–Trinajstić information content (AvgIpc) is 2.89. The lowest BCUT2D eigenvalue weighted by atomic mass is 10.1. The van der Waals surface area contributed by atoms with Crippen LogP contribution in [0.3, 0.4) is 0 Å². The Morgan fingerprint density at radius 1 is 1.35 bits per heavy atom. The van der Waals surface area contributed by atoms with E-state index >= 15 is 0 Å². The fourth-order valence-electron chi connectivity index (χ4n) is 1.86. The average molecular weight is 284 g/mol. The molecule has 0 unspecified atom stereocenters. The maximum absolute atomic E-state index is 12.2. The molecule has 1 aromatic carbocycles. The van der Waals surface area contributed by atoms with Crippen LogP contribution in [0.2, 0.25) is 0 Å². The molecular weight excluding hydrogens is 268 g/mol. The van der Waals surface area contributed by atoms with Crippen molar-refractivity contribution in [2.75, 3.05) is 11.9 Å². The smallest absolute Gasteiger partial charge is 0.256 e. The van der Waals surface area contributed by atoms with Crippen LogP contribution < -0.4 is 11.1 Å². The molecule has 0 saturated heterocycles. The molecule has 1 heterocycles. The number of thiophene rings is 1. The molecule has 102 valence electrons. The van der Waals surface area contributed by atoms with Crippen LogP contribution in [0.4, 0.5) is 5.69 Å². The van der Waals surface area contributed by atoms with Gasteiger partial charge in [-0.15, -0.1) is 11.3 Å². The Morgan fingerprint density at radius 3 is 2.70 bits per heavy atom. The van der Waals surface area contributed by atoms with Gasteiger partial charge in [0.1, 0.15) is 0 Å². The third kappa shape index (κ3) is 3.27. The first-order chi connectivity index (χ1) is 9.61. The molecule has 0 aliphatic carbocycles. The van der Waals surface area contributed by atoms with Crippen LogP contribution in [-0.4, -0.2) is 12.5 Å². The Labute approximate surface area is 122 Å². The van der Waals surface area contributed by atoms with Gasteiger partial charge in [-0.3, -0.25) is 4.79 Å². The predicted octanol–water partition coefficient (Wildman–Crippen LogP) is 2.93. The highest BCUT2D eigenvalue weighted by Gasteiger charge is 2.11. The largest absolute Gasteiger partial charge is 0.321 e. The van der Waals surface area contributed by atoms with E-state index < -0.39 is 0 Å². The number of anilines is 1. The molecule has 0 fully saturated rings. The standard InChI is InChI=1S/C16H16N2OS/c1-11-5-3-6-12(2)15(11)18-16(19)13-9-14(20-10-13)7-4-8-17/h3,5-6,9-10H,8,17H2,1-2H3,(H,18,19). The van der Waals surface area contributed by atoms with Crippen LogP contribution >= 0.6 is 11.3 Å². The Kier molecular flexibility index (Phi) is 4.57. The number of para-hydroxylation sites is 1. The normalized spacial score (nSPS) is 9.75. The summed E-state index contributed by atoms with van der Waals surface area (Å²) in [5, 5.41) is 4.77. The van der Waals surface area contributed by atoms with Crippen molar-refractivity contribution >= 4 is 22.9 Å². The fourth-order valence-corrected chi connectivity index (χ4v) is 2.61. The first-order valence-corrected chi connectivity index (χ1v) is 7.15. The minimum atomic E-state index is -0.112. The minimum Gasteiger partial charge on any atom is -0.321 e. The zero-order valence-electron chi connectivity index (χ0n) is 11.5. The van der Waals surface area contributed by atoms with Crippen LogP contribution in [-0.2, 0) is 0 Å². The molecular formula is C16H16N2OS. The molecule has 3 nitrogen and oxygen atoms in total. The second kappa shape index (κ2) is 6.38. The van der Waals surface area contributed by atoms with Crippen molar-refractivity contribution in [3.8, 4) is 11.8 Å². The second-order valence-electron chi connectivity index (χ2n) is 4.43. The van der Waals surface area contributed by atoms with Crippen molar-refractivity contribution in [3.63, 3.8) is 0 Å². The van der Waals surface area contributed by atoms with Gasteiger partial charge in [-0.2, -0.15) is 0 Å². The summed E-state index contributed by atoms with van der Waals surface area (Å²) < 4.78 is 0. The van der Waals surface area contributed by atoms with Crippen molar-refractivity contribution in [2.45, 2.75) is 13.8 Å². The zero-order valence-corrected chi connectivity index (χ0v) is 12.3. The molecule has 0 bridgehead atoms. The van der Waals surface area contributed by atoms with Crippen molar-refractivity contribution < 1.29 is 4.79 Å². The molecule has 1 amide bonds. The lowest BCUT2D eigenvalue weighted by Crippen LogP contribution is -2.12. The molecule has 3 N–H and O–H groups in total. The van der Waals surface area contributed by atoms with Crippen molar-refractivity contribution in [1.82, 2.24) is 0 Å². The van der Waals surface area contributed by atoms with Gasteiger partial charge in [0.05, 0.1) is 17.0 Å². The second-order valence-corrected chi connectivity index (χ2v) is 5.34. The van der Waals surface area contributed by atoms with Crippen molar-refractivity contribution in [1.29, 1.82) is 0 Å². The summed E-state index contributed by atoms with van der Waals surface area (Å²) in [6.45, 7) is 4.28. The first-order valence-electron chi connectivity index (χ1n) is 6.27. The Balaban J connectivity index is 2.18. The van der Waals surface area contributed by atoms with Gasteiger partial charge in [0.2, 0.25) is 0 Å². The molecule has 2 rings (SSSR count). The number of benzene rings is 1. The number of nitrogens with one attached hydrogen (secondary N) is 1. The molecule has 0 spiro atoms. The lowest BCUT2D eigenvalue weighted by Gasteiger charge is -2.10. The highest BCUT2D eigenvalue weighted by atomic mass is 32.1. The number of aryl methyl sites for hydroxylation is 2. The van der Waals surface area contributed by atoms with E-state index in [4.69, 9.17) is 5.73 Å². The maximum atomic E-state index is 12.2. The number of carbonyl (C=O) groups excluding carboxylic acids is 1. The van der Waals surface area contributed by atoms with Gasteiger partial charge in [-0.25, -0.2) is 0 Å². The van der Waals surface area contributed by atoms with Gasteiger partial charge in [-0.1, -0.05) is 30.0 Å².